The first-order chi connectivity index (χ1) is 7.93. The summed E-state index contributed by atoms with van der Waals surface area (Å²) in [5, 5.41) is 0. The lowest BCUT2D eigenvalue weighted by atomic mass is 10.2. The van der Waals surface area contributed by atoms with Crippen LogP contribution in [0.1, 0.15) is 12.5 Å². The number of hydrogen-bond acceptors (Lipinski definition) is 4. The standard InChI is InChI=1S/C12H15NO2S2/c1-9-5-7-11(8-6-9)17(14,15)12(16-4)10(2)13-3/h5-8H,3H2,1-2,4H3. The van der Waals surface area contributed by atoms with Crippen molar-refractivity contribution in [2.45, 2.75) is 18.7 Å². The maximum absolute atomic E-state index is 12.3. The van der Waals surface area contributed by atoms with E-state index in [-0.39, 0.29) is 9.13 Å². The second-order valence-electron chi connectivity index (χ2n) is 3.55. The molecule has 0 bridgehead atoms. The molecular formula is C12H15NO2S2. The summed E-state index contributed by atoms with van der Waals surface area (Å²) in [5.41, 5.74) is 1.45. The first-order valence-electron chi connectivity index (χ1n) is 4.97. The van der Waals surface area contributed by atoms with E-state index in [0.717, 1.165) is 5.56 Å². The second kappa shape index (κ2) is 5.51. The van der Waals surface area contributed by atoms with Crippen molar-refractivity contribution in [3.8, 4) is 0 Å². The van der Waals surface area contributed by atoms with Crippen LogP contribution in [0.25, 0.3) is 0 Å². The van der Waals surface area contributed by atoms with Gasteiger partial charge in [0.05, 0.1) is 10.6 Å². The fourth-order valence-electron chi connectivity index (χ4n) is 1.34. The number of aliphatic imine (C=N–C) groups is 1. The van der Waals surface area contributed by atoms with Crippen LogP contribution in [-0.4, -0.2) is 21.4 Å². The lowest BCUT2D eigenvalue weighted by Gasteiger charge is -2.08. The number of nitrogens with zero attached hydrogens (tertiary/aromatic N) is 1. The highest BCUT2D eigenvalue weighted by Crippen LogP contribution is 2.30. The summed E-state index contributed by atoms with van der Waals surface area (Å²) in [6.07, 6.45) is 1.72. The van der Waals surface area contributed by atoms with Gasteiger partial charge in [0, 0.05) is 0 Å². The Morgan fingerprint density at radius 2 is 1.82 bits per heavy atom. The summed E-state index contributed by atoms with van der Waals surface area (Å²) in [6.45, 7) is 6.92. The minimum Gasteiger partial charge on any atom is -0.267 e. The van der Waals surface area contributed by atoms with Crippen LogP contribution in [0.15, 0.2) is 44.1 Å². The molecule has 0 amide bonds. The maximum atomic E-state index is 12.3. The van der Waals surface area contributed by atoms with Crippen LogP contribution in [0.4, 0.5) is 0 Å². The van der Waals surface area contributed by atoms with E-state index >= 15 is 0 Å². The number of benzene rings is 1. The quantitative estimate of drug-likeness (QED) is 0.789. The molecule has 0 spiro atoms. The van der Waals surface area contributed by atoms with E-state index in [1.54, 1.807) is 37.4 Å². The first-order valence-corrected chi connectivity index (χ1v) is 7.67. The number of thioether (sulfide) groups is 1. The fourth-order valence-corrected chi connectivity index (χ4v) is 4.03. The molecule has 0 aliphatic carbocycles. The molecule has 5 heteroatoms. The van der Waals surface area contributed by atoms with Gasteiger partial charge in [0.15, 0.2) is 0 Å². The molecule has 1 aromatic rings. The molecule has 0 unspecified atom stereocenters. The predicted molar refractivity (Wildman–Crippen MR) is 74.1 cm³/mol. The number of sulfone groups is 1. The van der Waals surface area contributed by atoms with Crippen LogP contribution >= 0.6 is 11.8 Å². The van der Waals surface area contributed by atoms with Gasteiger partial charge in [-0.25, -0.2) is 8.42 Å². The van der Waals surface area contributed by atoms with E-state index in [2.05, 4.69) is 11.7 Å². The molecule has 0 saturated heterocycles. The average Bonchev–Trinajstić information content (AvgIpc) is 2.29. The Morgan fingerprint density at radius 3 is 2.24 bits per heavy atom. The topological polar surface area (TPSA) is 46.5 Å². The first kappa shape index (κ1) is 14.0. The third-order valence-corrected chi connectivity index (χ3v) is 5.79. The molecular weight excluding hydrogens is 254 g/mol. The van der Waals surface area contributed by atoms with E-state index in [9.17, 15) is 8.42 Å². The summed E-state index contributed by atoms with van der Waals surface area (Å²) in [7, 11) is -3.47. The molecule has 0 atom stereocenters. The highest BCUT2D eigenvalue weighted by molar-refractivity contribution is 8.18. The van der Waals surface area contributed by atoms with Gasteiger partial charge in [-0.15, -0.1) is 11.8 Å². The molecule has 0 aliphatic heterocycles. The number of allylic oxidation sites excluding steroid dienone is 1. The van der Waals surface area contributed by atoms with Crippen molar-refractivity contribution in [2.75, 3.05) is 6.26 Å². The monoisotopic (exact) mass is 269 g/mol. The molecule has 1 rings (SSSR count). The molecule has 0 fully saturated rings. The lowest BCUT2D eigenvalue weighted by molar-refractivity contribution is 0.603. The lowest BCUT2D eigenvalue weighted by Crippen LogP contribution is -2.04. The molecule has 0 N–H and O–H groups in total. The normalized spacial score (nSPS) is 13.1. The Bertz CT molecular complexity index is 542. The summed E-state index contributed by atoms with van der Waals surface area (Å²) in [4.78, 5) is 3.99. The van der Waals surface area contributed by atoms with Crippen molar-refractivity contribution in [3.05, 3.63) is 39.8 Å². The molecule has 3 nitrogen and oxygen atoms in total. The van der Waals surface area contributed by atoms with E-state index in [1.165, 1.54) is 11.8 Å². The van der Waals surface area contributed by atoms with Gasteiger partial charge in [-0.05, 0) is 39.0 Å². The smallest absolute Gasteiger partial charge is 0.214 e. The van der Waals surface area contributed by atoms with Crippen LogP contribution in [0.2, 0.25) is 0 Å². The van der Waals surface area contributed by atoms with Gasteiger partial charge >= 0.3 is 0 Å². The molecule has 0 saturated carbocycles. The zero-order valence-corrected chi connectivity index (χ0v) is 11.7. The van der Waals surface area contributed by atoms with Crippen molar-refractivity contribution in [2.24, 2.45) is 4.99 Å². The van der Waals surface area contributed by atoms with Crippen molar-refractivity contribution in [1.29, 1.82) is 0 Å². The third kappa shape index (κ3) is 2.98. The SMILES string of the molecule is C=NC(C)=C(SC)S(=O)(=O)c1ccc(C)cc1. The minimum absolute atomic E-state index is 0.247. The highest BCUT2D eigenvalue weighted by atomic mass is 32.3. The number of hydrogen-bond donors (Lipinski definition) is 0. The van der Waals surface area contributed by atoms with Crippen LogP contribution in [0.5, 0.6) is 0 Å². The van der Waals surface area contributed by atoms with Crippen molar-refractivity contribution >= 4 is 28.3 Å². The van der Waals surface area contributed by atoms with Gasteiger partial charge in [-0.3, -0.25) is 4.99 Å². The highest BCUT2D eigenvalue weighted by Gasteiger charge is 2.22. The van der Waals surface area contributed by atoms with Gasteiger partial charge in [0.2, 0.25) is 9.84 Å². The van der Waals surface area contributed by atoms with Crippen LogP contribution < -0.4 is 0 Å². The summed E-state index contributed by atoms with van der Waals surface area (Å²) < 4.78 is 24.9. The number of aryl methyl sites for hydroxylation is 1. The Morgan fingerprint density at radius 1 is 1.29 bits per heavy atom. The molecule has 0 aliphatic rings. The van der Waals surface area contributed by atoms with Crippen molar-refractivity contribution in [3.63, 3.8) is 0 Å². The van der Waals surface area contributed by atoms with E-state index in [4.69, 9.17) is 0 Å². The third-order valence-electron chi connectivity index (χ3n) is 2.29. The predicted octanol–water partition coefficient (Wildman–Crippen LogP) is 3.02. The van der Waals surface area contributed by atoms with Crippen LogP contribution in [0.3, 0.4) is 0 Å². The van der Waals surface area contributed by atoms with Gasteiger partial charge < -0.3 is 0 Å². The van der Waals surface area contributed by atoms with E-state index < -0.39 is 9.84 Å². The van der Waals surface area contributed by atoms with E-state index in [1.807, 2.05) is 6.92 Å². The van der Waals surface area contributed by atoms with Crippen molar-refractivity contribution in [1.82, 2.24) is 0 Å². The summed E-state index contributed by atoms with van der Waals surface area (Å²) >= 11 is 1.17. The van der Waals surface area contributed by atoms with Crippen LogP contribution in [-0.2, 0) is 9.84 Å². The number of rotatable bonds is 4. The Kier molecular flexibility index (Phi) is 4.54. The molecule has 92 valence electrons. The summed E-state index contributed by atoms with van der Waals surface area (Å²) in [6, 6.07) is 6.78. The van der Waals surface area contributed by atoms with Gasteiger partial charge in [0.1, 0.15) is 4.24 Å². The second-order valence-corrected chi connectivity index (χ2v) is 6.51. The van der Waals surface area contributed by atoms with E-state index in [0.29, 0.717) is 5.70 Å². The molecule has 0 radical (unpaired) electrons. The molecule has 17 heavy (non-hydrogen) atoms. The Labute approximate surface area is 107 Å². The summed E-state index contributed by atoms with van der Waals surface area (Å²) in [5.74, 6) is 0. The maximum Gasteiger partial charge on any atom is 0.214 e. The average molecular weight is 269 g/mol. The van der Waals surface area contributed by atoms with Crippen LogP contribution in [0, 0.1) is 6.92 Å². The molecule has 0 heterocycles. The largest absolute Gasteiger partial charge is 0.267 e. The fraction of sp³-hybridized carbons (Fsp3) is 0.250. The van der Waals surface area contributed by atoms with Gasteiger partial charge in [-0.1, -0.05) is 17.7 Å². The van der Waals surface area contributed by atoms with Crippen molar-refractivity contribution < 1.29 is 8.42 Å². The zero-order chi connectivity index (χ0) is 13.1. The van der Waals surface area contributed by atoms with Gasteiger partial charge in [-0.2, -0.15) is 0 Å². The molecule has 0 aromatic heterocycles. The molecule has 1 aromatic carbocycles. The minimum atomic E-state index is -3.47. The zero-order valence-electron chi connectivity index (χ0n) is 10.1. The Hall–Kier alpha value is -1.07. The van der Waals surface area contributed by atoms with Gasteiger partial charge in [0.25, 0.3) is 0 Å². The Balaban J connectivity index is 3.37.